The fourth-order valence-corrected chi connectivity index (χ4v) is 3.98. The van der Waals surface area contributed by atoms with Crippen molar-refractivity contribution in [2.75, 3.05) is 13.7 Å². The Labute approximate surface area is 186 Å². The van der Waals surface area contributed by atoms with Gasteiger partial charge in [-0.15, -0.1) is 0 Å². The van der Waals surface area contributed by atoms with E-state index in [1.165, 1.54) is 0 Å². The highest BCUT2D eigenvalue weighted by molar-refractivity contribution is 9.10. The first kappa shape index (κ1) is 21.4. The second kappa shape index (κ2) is 9.43. The van der Waals surface area contributed by atoms with Crippen LogP contribution in [0.15, 0.2) is 51.8 Å². The molecular weight excluding hydrogens is 476 g/mol. The Balaban J connectivity index is 1.78. The summed E-state index contributed by atoms with van der Waals surface area (Å²) < 4.78 is 12.0. The summed E-state index contributed by atoms with van der Waals surface area (Å²) in [4.78, 5) is 25.6. The molecule has 0 aromatic heterocycles. The summed E-state index contributed by atoms with van der Waals surface area (Å²) in [6.07, 6.45) is 1.70. The minimum atomic E-state index is -0.418. The lowest BCUT2D eigenvalue weighted by Gasteiger charge is -2.15. The number of halogens is 1. The van der Waals surface area contributed by atoms with Crippen molar-refractivity contribution in [3.8, 4) is 11.5 Å². The van der Waals surface area contributed by atoms with E-state index in [-0.39, 0.29) is 10.2 Å². The van der Waals surface area contributed by atoms with Gasteiger partial charge in [-0.3, -0.25) is 15.0 Å². The number of thiocarbonyl (C=S) groups is 1. The van der Waals surface area contributed by atoms with Gasteiger partial charge in [0.2, 0.25) is 0 Å². The number of hydrogen-bond acceptors (Lipinski definition) is 6. The van der Waals surface area contributed by atoms with Crippen molar-refractivity contribution in [3.63, 3.8) is 0 Å². The number of nitrogens with zero attached hydrogens (tertiary/aromatic N) is 1. The molecule has 150 valence electrons. The minimum Gasteiger partial charge on any atom is -0.493 e. The van der Waals surface area contributed by atoms with Gasteiger partial charge in [-0.05, 0) is 67.2 Å². The van der Waals surface area contributed by atoms with Crippen LogP contribution in [0.1, 0.15) is 22.8 Å². The topological polar surface area (TPSA) is 67.9 Å². The fraction of sp³-hybridized carbons (Fsp3) is 0.150. The van der Waals surface area contributed by atoms with Crippen LogP contribution >= 0.6 is 39.9 Å². The van der Waals surface area contributed by atoms with Crippen LogP contribution in [0.5, 0.6) is 11.5 Å². The van der Waals surface area contributed by atoms with Crippen molar-refractivity contribution in [1.29, 1.82) is 0 Å². The Morgan fingerprint density at radius 1 is 1.24 bits per heavy atom. The molecule has 1 aliphatic rings. The van der Waals surface area contributed by atoms with Crippen molar-refractivity contribution in [1.82, 2.24) is 10.4 Å². The Morgan fingerprint density at radius 2 is 1.97 bits per heavy atom. The number of rotatable bonds is 6. The van der Waals surface area contributed by atoms with Crippen molar-refractivity contribution < 1.29 is 19.1 Å². The van der Waals surface area contributed by atoms with E-state index < -0.39 is 5.91 Å². The fourth-order valence-electron chi connectivity index (χ4n) is 2.53. The van der Waals surface area contributed by atoms with E-state index in [2.05, 4.69) is 21.4 Å². The highest BCUT2D eigenvalue weighted by Gasteiger charge is 2.33. The molecule has 0 atom stereocenters. The number of amides is 2. The molecule has 0 saturated carbocycles. The first-order valence-corrected chi connectivity index (χ1v) is 10.6. The van der Waals surface area contributed by atoms with Crippen molar-refractivity contribution in [2.24, 2.45) is 0 Å². The van der Waals surface area contributed by atoms with Crippen LogP contribution in [0.4, 0.5) is 0 Å². The zero-order valence-corrected chi connectivity index (χ0v) is 18.8. The van der Waals surface area contributed by atoms with Crippen molar-refractivity contribution >= 4 is 62.1 Å². The number of carbonyl (C=O) groups is 2. The molecule has 1 fully saturated rings. The maximum absolute atomic E-state index is 12.7. The summed E-state index contributed by atoms with van der Waals surface area (Å²) in [6.45, 7) is 2.37. The molecule has 0 radical (unpaired) electrons. The summed E-state index contributed by atoms with van der Waals surface area (Å²) in [5, 5.41) is 1.09. The Hall–Kier alpha value is -2.36. The van der Waals surface area contributed by atoms with E-state index in [0.717, 1.165) is 26.8 Å². The predicted octanol–water partition coefficient (Wildman–Crippen LogP) is 4.40. The van der Waals surface area contributed by atoms with Gasteiger partial charge in [0.05, 0.1) is 18.6 Å². The number of carbonyl (C=O) groups excluding carboxylic acids is 2. The Kier molecular flexibility index (Phi) is 6.94. The zero-order chi connectivity index (χ0) is 21.0. The number of hydrazine groups is 1. The number of nitrogens with one attached hydrogen (secondary N) is 1. The summed E-state index contributed by atoms with van der Waals surface area (Å²) in [5.41, 5.74) is 3.74. The van der Waals surface area contributed by atoms with E-state index in [9.17, 15) is 9.59 Å². The van der Waals surface area contributed by atoms with Gasteiger partial charge in [-0.1, -0.05) is 33.8 Å². The maximum atomic E-state index is 12.7. The average Bonchev–Trinajstić information content (AvgIpc) is 2.96. The summed E-state index contributed by atoms with van der Waals surface area (Å²) in [5.74, 6) is 0.387. The number of methoxy groups -OCH3 is 1. The maximum Gasteiger partial charge on any atom is 0.285 e. The molecule has 0 bridgehead atoms. The molecule has 3 rings (SSSR count). The van der Waals surface area contributed by atoms with Crippen LogP contribution in [0, 0.1) is 0 Å². The first-order valence-electron chi connectivity index (χ1n) is 8.58. The molecule has 2 aromatic carbocycles. The third kappa shape index (κ3) is 4.98. The lowest BCUT2D eigenvalue weighted by atomic mass is 10.2. The molecule has 0 spiro atoms. The third-order valence-corrected chi connectivity index (χ3v) is 5.73. The van der Waals surface area contributed by atoms with Crippen molar-refractivity contribution in [2.45, 2.75) is 6.92 Å². The van der Waals surface area contributed by atoms with Gasteiger partial charge in [0.25, 0.3) is 11.8 Å². The molecular formula is C20H17BrN2O4S2. The van der Waals surface area contributed by atoms with Crippen LogP contribution in [0.3, 0.4) is 0 Å². The minimum absolute atomic E-state index is 0.255. The van der Waals surface area contributed by atoms with Gasteiger partial charge in [0, 0.05) is 10.0 Å². The molecule has 1 heterocycles. The Morgan fingerprint density at radius 3 is 2.62 bits per heavy atom. The second-order valence-electron chi connectivity index (χ2n) is 5.81. The quantitative estimate of drug-likeness (QED) is 0.475. The molecule has 1 aliphatic heterocycles. The van der Waals surface area contributed by atoms with Crippen LogP contribution in [-0.2, 0) is 4.79 Å². The van der Waals surface area contributed by atoms with Crippen molar-refractivity contribution in [3.05, 3.63) is 63.0 Å². The summed E-state index contributed by atoms with van der Waals surface area (Å²) in [7, 11) is 1.57. The monoisotopic (exact) mass is 492 g/mol. The van der Waals surface area contributed by atoms with E-state index in [1.54, 1.807) is 49.6 Å². The van der Waals surface area contributed by atoms with Crippen LogP contribution in [-0.4, -0.2) is 34.9 Å². The molecule has 0 unspecified atom stereocenters. The molecule has 1 saturated heterocycles. The molecule has 6 nitrogen and oxygen atoms in total. The number of benzene rings is 2. The first-order chi connectivity index (χ1) is 13.9. The number of hydrogen-bond donors (Lipinski definition) is 1. The SMILES string of the molecule is CCOc1cc(/C=C2\SC(=S)N(NC(=O)c3ccc(Br)cc3)C2=O)ccc1OC. The third-order valence-electron chi connectivity index (χ3n) is 3.90. The van der Waals surface area contributed by atoms with E-state index in [0.29, 0.717) is 28.6 Å². The highest BCUT2D eigenvalue weighted by atomic mass is 79.9. The van der Waals surface area contributed by atoms with E-state index in [4.69, 9.17) is 21.7 Å². The van der Waals surface area contributed by atoms with Gasteiger partial charge >= 0.3 is 0 Å². The van der Waals surface area contributed by atoms with Gasteiger partial charge in [-0.2, -0.15) is 5.01 Å². The number of ether oxygens (including phenoxy) is 2. The highest BCUT2D eigenvalue weighted by Crippen LogP contribution is 2.34. The smallest absolute Gasteiger partial charge is 0.285 e. The summed E-state index contributed by atoms with van der Waals surface area (Å²) in [6, 6.07) is 12.2. The van der Waals surface area contributed by atoms with E-state index >= 15 is 0 Å². The predicted molar refractivity (Wildman–Crippen MR) is 121 cm³/mol. The molecule has 29 heavy (non-hydrogen) atoms. The van der Waals surface area contributed by atoms with Gasteiger partial charge < -0.3 is 9.47 Å². The molecule has 1 N–H and O–H groups in total. The van der Waals surface area contributed by atoms with E-state index in [1.807, 2.05) is 13.0 Å². The normalized spacial score (nSPS) is 15.0. The van der Waals surface area contributed by atoms with Crippen LogP contribution in [0.25, 0.3) is 6.08 Å². The molecule has 2 aromatic rings. The van der Waals surface area contributed by atoms with Crippen LogP contribution in [0.2, 0.25) is 0 Å². The standard InChI is InChI=1S/C20H17BrN2O4S2/c1-3-27-16-10-12(4-9-15(16)26-2)11-17-19(25)23(20(28)29-17)22-18(24)13-5-7-14(21)8-6-13/h4-11H,3H2,1-2H3,(H,22,24)/b17-11-. The van der Waals surface area contributed by atoms with Gasteiger partial charge in [-0.25, -0.2) is 0 Å². The van der Waals surface area contributed by atoms with Gasteiger partial charge in [0.1, 0.15) is 0 Å². The molecule has 2 amide bonds. The van der Waals surface area contributed by atoms with Crippen LogP contribution < -0.4 is 14.9 Å². The molecule has 9 heteroatoms. The average molecular weight is 493 g/mol. The number of thioether (sulfide) groups is 1. The summed E-state index contributed by atoms with van der Waals surface area (Å²) >= 11 is 9.71. The largest absolute Gasteiger partial charge is 0.493 e. The second-order valence-corrected chi connectivity index (χ2v) is 8.40. The lowest BCUT2D eigenvalue weighted by Crippen LogP contribution is -2.44. The Bertz CT molecular complexity index is 992. The zero-order valence-electron chi connectivity index (χ0n) is 15.6. The van der Waals surface area contributed by atoms with Gasteiger partial charge in [0.15, 0.2) is 15.8 Å². The lowest BCUT2D eigenvalue weighted by molar-refractivity contribution is -0.123. The molecule has 0 aliphatic carbocycles.